The summed E-state index contributed by atoms with van der Waals surface area (Å²) in [6.07, 6.45) is 0. The second kappa shape index (κ2) is 14.8. The lowest BCUT2D eigenvalue weighted by atomic mass is 9.66. The van der Waals surface area contributed by atoms with Crippen molar-refractivity contribution in [2.45, 2.75) is 10.8 Å². The second-order valence-corrected chi connectivity index (χ2v) is 20.5. The van der Waals surface area contributed by atoms with Gasteiger partial charge in [0.1, 0.15) is 23.0 Å². The van der Waals surface area contributed by atoms with Gasteiger partial charge in [-0.15, -0.1) is 11.3 Å². The minimum absolute atomic E-state index is 0.562. The van der Waals surface area contributed by atoms with Gasteiger partial charge < -0.3 is 14.4 Å². The van der Waals surface area contributed by atoms with Crippen molar-refractivity contribution in [1.29, 1.82) is 0 Å². The van der Waals surface area contributed by atoms with Gasteiger partial charge in [0.2, 0.25) is 0 Å². The molecule has 11 aromatic carbocycles. The summed E-state index contributed by atoms with van der Waals surface area (Å²) < 4.78 is 16.0. The zero-order valence-corrected chi connectivity index (χ0v) is 39.7. The summed E-state index contributed by atoms with van der Waals surface area (Å²) in [6.45, 7) is 0. The number of thiophene rings is 1. The Bertz CT molecular complexity index is 4170. The van der Waals surface area contributed by atoms with E-state index in [9.17, 15) is 0 Å². The molecular weight excluding hydrogens is 895 g/mol. The maximum atomic E-state index is 6.74. The fraction of sp³-hybridized carbons (Fsp3) is 0.0294. The number of ether oxygens (including phenoxy) is 2. The molecule has 16 rings (SSSR count). The number of hydrogen-bond acceptors (Lipinski definition) is 4. The topological polar surface area (TPSA) is 21.7 Å². The first-order chi connectivity index (χ1) is 35.7. The Morgan fingerprint density at radius 1 is 0.278 bits per heavy atom. The summed E-state index contributed by atoms with van der Waals surface area (Å²) in [4.78, 5) is 2.47. The standard InChI is InChI=1S/C68H41NO2S/c1-4-18-53-47(15-1)49-37-34-46(41-60(49)68(53)58-22-8-12-26-63(58)71-64-27-13-9-23-59(64)68)69(44-32-29-42(30-33-44)43-31-36-51-50-17-3-14-28-65(50)72-66(51)39-43)45-35-38-55-52(40-45)48-16-2-5-19-54(48)67(55)56-20-6-10-24-61(56)70-62-25-11-7-21-57(62)67/h1-41H. The third-order valence-corrected chi connectivity index (χ3v) is 17.1. The van der Waals surface area contributed by atoms with E-state index >= 15 is 0 Å². The van der Waals surface area contributed by atoms with Crippen LogP contribution in [0.4, 0.5) is 17.1 Å². The van der Waals surface area contributed by atoms with Gasteiger partial charge in [-0.05, 0) is 128 Å². The van der Waals surface area contributed by atoms with Crippen LogP contribution < -0.4 is 14.4 Å². The molecule has 0 atom stereocenters. The maximum absolute atomic E-state index is 6.74. The van der Waals surface area contributed by atoms with Crippen LogP contribution in [-0.2, 0) is 10.8 Å². The number of fused-ring (bicyclic) bond motifs is 21. The molecule has 2 spiro atoms. The fourth-order valence-corrected chi connectivity index (χ4v) is 14.3. The summed E-state index contributed by atoms with van der Waals surface area (Å²) in [5.74, 6) is 3.54. The molecule has 0 unspecified atom stereocenters. The predicted molar refractivity (Wildman–Crippen MR) is 294 cm³/mol. The van der Waals surface area contributed by atoms with Crippen LogP contribution in [0.15, 0.2) is 249 Å². The van der Waals surface area contributed by atoms with E-state index in [0.29, 0.717) is 0 Å². The van der Waals surface area contributed by atoms with Gasteiger partial charge in [0.15, 0.2) is 0 Å². The normalized spacial score (nSPS) is 14.3. The van der Waals surface area contributed by atoms with Gasteiger partial charge in [0.25, 0.3) is 0 Å². The van der Waals surface area contributed by atoms with Crippen LogP contribution in [0.2, 0.25) is 0 Å². The lowest BCUT2D eigenvalue weighted by Gasteiger charge is -2.40. The third kappa shape index (κ3) is 5.23. The van der Waals surface area contributed by atoms with Crippen molar-refractivity contribution in [2.75, 3.05) is 4.90 Å². The highest BCUT2D eigenvalue weighted by atomic mass is 32.1. The fourth-order valence-electron chi connectivity index (χ4n) is 13.1. The van der Waals surface area contributed by atoms with Gasteiger partial charge in [-0.25, -0.2) is 0 Å². The zero-order valence-electron chi connectivity index (χ0n) is 38.8. The van der Waals surface area contributed by atoms with Crippen LogP contribution in [0.5, 0.6) is 23.0 Å². The Morgan fingerprint density at radius 2 is 0.708 bits per heavy atom. The van der Waals surface area contributed by atoms with Crippen molar-refractivity contribution in [3.05, 3.63) is 293 Å². The molecule has 0 N–H and O–H groups in total. The Morgan fingerprint density at radius 3 is 1.33 bits per heavy atom. The quantitative estimate of drug-likeness (QED) is 0.176. The Kier molecular flexibility index (Phi) is 8.18. The molecule has 2 aliphatic heterocycles. The molecule has 336 valence electrons. The largest absolute Gasteiger partial charge is 0.457 e. The molecule has 3 heterocycles. The molecule has 2 aliphatic carbocycles. The summed E-state index contributed by atoms with van der Waals surface area (Å²) in [5, 5.41) is 2.62. The summed E-state index contributed by atoms with van der Waals surface area (Å²) in [7, 11) is 0. The van der Waals surface area contributed by atoms with Gasteiger partial charge >= 0.3 is 0 Å². The first-order valence-corrected chi connectivity index (χ1v) is 25.5. The number of hydrogen-bond donors (Lipinski definition) is 0. The van der Waals surface area contributed by atoms with Crippen molar-refractivity contribution in [3.63, 3.8) is 0 Å². The Balaban J connectivity index is 0.926. The smallest absolute Gasteiger partial charge is 0.132 e. The maximum Gasteiger partial charge on any atom is 0.132 e. The molecule has 1 aromatic heterocycles. The molecule has 0 saturated heterocycles. The third-order valence-electron chi connectivity index (χ3n) is 16.0. The number of para-hydroxylation sites is 4. The van der Waals surface area contributed by atoms with E-state index in [1.165, 1.54) is 75.8 Å². The lowest BCUT2D eigenvalue weighted by Crippen LogP contribution is -2.32. The van der Waals surface area contributed by atoms with Gasteiger partial charge in [-0.1, -0.05) is 176 Å². The average Bonchev–Trinajstić information content (AvgIpc) is 4.06. The monoisotopic (exact) mass is 935 g/mol. The summed E-state index contributed by atoms with van der Waals surface area (Å²) in [6, 6.07) is 91.5. The average molecular weight is 936 g/mol. The van der Waals surface area contributed by atoms with Crippen molar-refractivity contribution in [1.82, 2.24) is 0 Å². The van der Waals surface area contributed by atoms with E-state index in [1.807, 2.05) is 11.3 Å². The van der Waals surface area contributed by atoms with E-state index in [4.69, 9.17) is 9.47 Å². The molecule has 4 heteroatoms. The molecule has 12 aromatic rings. The highest BCUT2D eigenvalue weighted by Crippen LogP contribution is 2.65. The molecule has 0 radical (unpaired) electrons. The van der Waals surface area contributed by atoms with Crippen molar-refractivity contribution in [3.8, 4) is 56.4 Å². The first kappa shape index (κ1) is 39.8. The number of anilines is 3. The highest BCUT2D eigenvalue weighted by molar-refractivity contribution is 7.25. The number of rotatable bonds is 4. The minimum Gasteiger partial charge on any atom is -0.457 e. The number of benzene rings is 11. The van der Waals surface area contributed by atoms with Crippen molar-refractivity contribution in [2.24, 2.45) is 0 Å². The van der Waals surface area contributed by atoms with Crippen LogP contribution in [-0.4, -0.2) is 0 Å². The molecule has 0 saturated carbocycles. The zero-order chi connectivity index (χ0) is 47.1. The van der Waals surface area contributed by atoms with Gasteiger partial charge in [-0.2, -0.15) is 0 Å². The van der Waals surface area contributed by atoms with Crippen LogP contribution in [0.1, 0.15) is 44.5 Å². The minimum atomic E-state index is -0.610. The van der Waals surface area contributed by atoms with Crippen LogP contribution in [0.3, 0.4) is 0 Å². The molecule has 3 nitrogen and oxygen atoms in total. The molecule has 4 aliphatic rings. The number of nitrogens with zero attached hydrogens (tertiary/aromatic N) is 1. The SMILES string of the molecule is c1ccc2c(c1)Oc1ccccc1C21c2ccccc2-c2cc(N(c3ccc(-c4ccc5c(c4)sc4ccccc45)cc3)c3ccc4c(c3)C3(c5ccccc5Oc5ccccc53)c3ccccc3-4)ccc21. The van der Waals surface area contributed by atoms with E-state index in [2.05, 4.69) is 254 Å². The van der Waals surface area contributed by atoms with Crippen molar-refractivity contribution >= 4 is 48.6 Å². The van der Waals surface area contributed by atoms with Crippen molar-refractivity contribution < 1.29 is 9.47 Å². The van der Waals surface area contributed by atoms with Gasteiger partial charge in [0.05, 0.1) is 10.8 Å². The van der Waals surface area contributed by atoms with Gasteiger partial charge in [0, 0.05) is 59.5 Å². The van der Waals surface area contributed by atoms with Gasteiger partial charge in [-0.3, -0.25) is 0 Å². The predicted octanol–water partition coefficient (Wildman–Crippen LogP) is 18.1. The highest BCUT2D eigenvalue weighted by Gasteiger charge is 2.53. The Hall–Kier alpha value is -8.96. The molecule has 0 fully saturated rings. The molecule has 0 bridgehead atoms. The summed E-state index contributed by atoms with van der Waals surface area (Å²) in [5.41, 5.74) is 19.0. The van der Waals surface area contributed by atoms with E-state index in [-0.39, 0.29) is 0 Å². The van der Waals surface area contributed by atoms with E-state index in [1.54, 1.807) is 0 Å². The van der Waals surface area contributed by atoms with E-state index < -0.39 is 10.8 Å². The molecule has 72 heavy (non-hydrogen) atoms. The van der Waals surface area contributed by atoms with Crippen LogP contribution in [0, 0.1) is 0 Å². The first-order valence-electron chi connectivity index (χ1n) is 24.7. The molecule has 0 amide bonds. The van der Waals surface area contributed by atoms with Crippen LogP contribution >= 0.6 is 11.3 Å². The van der Waals surface area contributed by atoms with Crippen LogP contribution in [0.25, 0.3) is 53.6 Å². The second-order valence-electron chi connectivity index (χ2n) is 19.4. The Labute approximate surface area is 421 Å². The lowest BCUT2D eigenvalue weighted by molar-refractivity contribution is 0.436. The van der Waals surface area contributed by atoms with E-state index in [0.717, 1.165) is 62.3 Å². The summed E-state index contributed by atoms with van der Waals surface area (Å²) >= 11 is 1.86. The molecular formula is C68H41NO2S.